The largest absolute Gasteiger partial charge is 0.411 e. The van der Waals surface area contributed by atoms with Crippen LogP contribution in [0.3, 0.4) is 0 Å². The Labute approximate surface area is 203 Å². The number of benzene rings is 2. The number of hydrogen-bond acceptors (Lipinski definition) is 3. The molecular formula is C22H28F3IN4O2. The van der Waals surface area contributed by atoms with E-state index in [1.54, 1.807) is 32.3 Å². The molecule has 2 aromatic carbocycles. The molecule has 0 aliphatic carbocycles. The molecule has 6 nitrogen and oxygen atoms in total. The van der Waals surface area contributed by atoms with E-state index in [1.165, 1.54) is 0 Å². The van der Waals surface area contributed by atoms with Crippen LogP contribution in [0.2, 0.25) is 0 Å². The van der Waals surface area contributed by atoms with Crippen LogP contribution >= 0.6 is 24.0 Å². The fourth-order valence-corrected chi connectivity index (χ4v) is 2.78. The summed E-state index contributed by atoms with van der Waals surface area (Å²) in [6.07, 6.45) is -3.60. The van der Waals surface area contributed by atoms with Gasteiger partial charge in [0.25, 0.3) is 5.91 Å². The van der Waals surface area contributed by atoms with Gasteiger partial charge in [-0.3, -0.25) is 9.79 Å². The van der Waals surface area contributed by atoms with Crippen LogP contribution in [-0.4, -0.2) is 45.3 Å². The van der Waals surface area contributed by atoms with Crippen LogP contribution in [0.4, 0.5) is 13.2 Å². The molecule has 0 atom stereocenters. The molecule has 2 rings (SSSR count). The summed E-state index contributed by atoms with van der Waals surface area (Å²) in [5.74, 6) is 0.505. The quantitative estimate of drug-likeness (QED) is 0.247. The number of nitrogens with one attached hydrogen (secondary N) is 3. The topological polar surface area (TPSA) is 74.8 Å². The van der Waals surface area contributed by atoms with E-state index in [4.69, 9.17) is 0 Å². The Balaban J connectivity index is 0.00000512. The average Bonchev–Trinajstić information content (AvgIpc) is 2.75. The maximum absolute atomic E-state index is 12.1. The molecule has 0 fully saturated rings. The first-order valence-electron chi connectivity index (χ1n) is 9.78. The second-order valence-corrected chi connectivity index (χ2v) is 6.81. The van der Waals surface area contributed by atoms with Crippen molar-refractivity contribution in [3.63, 3.8) is 0 Å². The Hall–Kier alpha value is -2.34. The summed E-state index contributed by atoms with van der Waals surface area (Å²) >= 11 is 0. The van der Waals surface area contributed by atoms with Gasteiger partial charge in [-0.15, -0.1) is 24.0 Å². The molecule has 0 radical (unpaired) electrons. The minimum Gasteiger partial charge on any atom is -0.367 e. The van der Waals surface area contributed by atoms with Gasteiger partial charge in [0.15, 0.2) is 5.96 Å². The minimum atomic E-state index is -4.32. The number of rotatable bonds is 9. The zero-order valence-electron chi connectivity index (χ0n) is 18.0. The van der Waals surface area contributed by atoms with Gasteiger partial charge >= 0.3 is 6.18 Å². The predicted molar refractivity (Wildman–Crippen MR) is 129 cm³/mol. The molecule has 32 heavy (non-hydrogen) atoms. The molecule has 0 heterocycles. The summed E-state index contributed by atoms with van der Waals surface area (Å²) in [5, 5.41) is 9.01. The van der Waals surface area contributed by atoms with Gasteiger partial charge < -0.3 is 20.7 Å². The standard InChI is InChI=1S/C22H27F3N4O2.HI/c1-26-20(30)19-5-3-4-16(12-19)10-11-28-21(27-2)29-13-17-6-8-18(9-7-17)14-31-15-22(23,24)25;/h3-9,12H,10-11,13-15H2,1-2H3,(H,26,30)(H2,27,28,29);1H. The molecule has 0 unspecified atom stereocenters. The summed E-state index contributed by atoms with van der Waals surface area (Å²) in [5.41, 5.74) is 3.29. The number of halogens is 4. The Morgan fingerprint density at radius 3 is 2.34 bits per heavy atom. The Bertz CT molecular complexity index is 874. The van der Waals surface area contributed by atoms with Crippen molar-refractivity contribution in [2.75, 3.05) is 27.2 Å². The number of alkyl halides is 3. The van der Waals surface area contributed by atoms with Crippen molar-refractivity contribution in [3.05, 3.63) is 70.8 Å². The van der Waals surface area contributed by atoms with Crippen molar-refractivity contribution in [3.8, 4) is 0 Å². The molecule has 176 valence electrons. The van der Waals surface area contributed by atoms with Crippen LogP contribution in [0.1, 0.15) is 27.0 Å². The summed E-state index contributed by atoms with van der Waals surface area (Å²) < 4.78 is 41.0. The smallest absolute Gasteiger partial charge is 0.367 e. The number of ether oxygens (including phenoxy) is 1. The van der Waals surface area contributed by atoms with Gasteiger partial charge in [0.05, 0.1) is 6.61 Å². The molecule has 0 spiro atoms. The average molecular weight is 564 g/mol. The molecule has 3 N–H and O–H groups in total. The number of amides is 1. The number of hydrogen-bond donors (Lipinski definition) is 3. The first-order chi connectivity index (χ1) is 14.8. The maximum atomic E-state index is 12.1. The van der Waals surface area contributed by atoms with Gasteiger partial charge in [-0.25, -0.2) is 0 Å². The van der Waals surface area contributed by atoms with Crippen molar-refractivity contribution >= 4 is 35.8 Å². The molecule has 0 saturated heterocycles. The van der Waals surface area contributed by atoms with Crippen molar-refractivity contribution < 1.29 is 22.7 Å². The third kappa shape index (κ3) is 10.3. The van der Waals surface area contributed by atoms with Gasteiger partial charge in [0, 0.05) is 32.7 Å². The van der Waals surface area contributed by atoms with Crippen LogP contribution in [0.5, 0.6) is 0 Å². The number of carbonyl (C=O) groups excluding carboxylic acids is 1. The number of guanidine groups is 1. The highest BCUT2D eigenvalue weighted by atomic mass is 127. The third-order valence-corrected chi connectivity index (χ3v) is 4.36. The minimum absolute atomic E-state index is 0. The van der Waals surface area contributed by atoms with Gasteiger partial charge in [0.2, 0.25) is 0 Å². The van der Waals surface area contributed by atoms with Gasteiger partial charge in [-0.2, -0.15) is 13.2 Å². The highest BCUT2D eigenvalue weighted by Crippen LogP contribution is 2.15. The lowest BCUT2D eigenvalue weighted by Crippen LogP contribution is -2.37. The van der Waals surface area contributed by atoms with Crippen LogP contribution < -0.4 is 16.0 Å². The van der Waals surface area contributed by atoms with E-state index in [-0.39, 0.29) is 36.5 Å². The van der Waals surface area contributed by atoms with E-state index in [1.807, 2.05) is 30.3 Å². The lowest BCUT2D eigenvalue weighted by molar-refractivity contribution is -0.176. The normalized spacial score (nSPS) is 11.5. The van der Waals surface area contributed by atoms with Crippen LogP contribution in [0.25, 0.3) is 0 Å². The lowest BCUT2D eigenvalue weighted by atomic mass is 10.1. The van der Waals surface area contributed by atoms with E-state index in [0.717, 1.165) is 17.5 Å². The zero-order chi connectivity index (χ0) is 22.7. The fourth-order valence-electron chi connectivity index (χ4n) is 2.78. The van der Waals surface area contributed by atoms with Crippen LogP contribution in [0.15, 0.2) is 53.5 Å². The highest BCUT2D eigenvalue weighted by molar-refractivity contribution is 14.0. The van der Waals surface area contributed by atoms with Crippen LogP contribution in [-0.2, 0) is 24.3 Å². The molecule has 0 aliphatic rings. The number of nitrogens with zero attached hydrogens (tertiary/aromatic N) is 1. The monoisotopic (exact) mass is 564 g/mol. The molecular weight excluding hydrogens is 536 g/mol. The zero-order valence-corrected chi connectivity index (χ0v) is 20.3. The number of aliphatic imine (C=N–C) groups is 1. The fraction of sp³-hybridized carbons (Fsp3) is 0.364. The maximum Gasteiger partial charge on any atom is 0.411 e. The Kier molecular flexibility index (Phi) is 12.1. The number of carbonyl (C=O) groups is 1. The lowest BCUT2D eigenvalue weighted by Gasteiger charge is -2.13. The van der Waals surface area contributed by atoms with Gasteiger partial charge in [-0.1, -0.05) is 36.4 Å². The second kappa shape index (κ2) is 13.9. The van der Waals surface area contributed by atoms with Gasteiger partial charge in [-0.05, 0) is 35.2 Å². The molecule has 0 saturated carbocycles. The van der Waals surface area contributed by atoms with Crippen molar-refractivity contribution in [1.82, 2.24) is 16.0 Å². The summed E-state index contributed by atoms with van der Waals surface area (Å²) in [4.78, 5) is 15.9. The second-order valence-electron chi connectivity index (χ2n) is 6.81. The molecule has 0 bridgehead atoms. The highest BCUT2D eigenvalue weighted by Gasteiger charge is 2.27. The summed E-state index contributed by atoms with van der Waals surface area (Å²) in [6.45, 7) is -0.201. The van der Waals surface area contributed by atoms with Crippen molar-refractivity contribution in [2.24, 2.45) is 4.99 Å². The van der Waals surface area contributed by atoms with E-state index in [2.05, 4.69) is 25.7 Å². The third-order valence-electron chi connectivity index (χ3n) is 4.36. The Morgan fingerprint density at radius 1 is 1.03 bits per heavy atom. The molecule has 0 aliphatic heterocycles. The molecule has 1 amide bonds. The first-order valence-corrected chi connectivity index (χ1v) is 9.78. The van der Waals surface area contributed by atoms with Gasteiger partial charge in [0.1, 0.15) is 6.61 Å². The van der Waals surface area contributed by atoms with Crippen molar-refractivity contribution in [1.29, 1.82) is 0 Å². The summed E-state index contributed by atoms with van der Waals surface area (Å²) in [6, 6.07) is 14.6. The van der Waals surface area contributed by atoms with E-state index < -0.39 is 12.8 Å². The van der Waals surface area contributed by atoms with Crippen LogP contribution in [0, 0.1) is 0 Å². The SMILES string of the molecule is CN=C(NCCc1cccc(C(=O)NC)c1)NCc1ccc(COCC(F)(F)F)cc1.I. The van der Waals surface area contributed by atoms with Crippen molar-refractivity contribution in [2.45, 2.75) is 25.7 Å². The predicted octanol–water partition coefficient (Wildman–Crippen LogP) is 3.65. The summed E-state index contributed by atoms with van der Waals surface area (Å²) in [7, 11) is 3.27. The first kappa shape index (κ1) is 27.7. The Morgan fingerprint density at radius 2 is 1.72 bits per heavy atom. The molecule has 10 heteroatoms. The molecule has 0 aromatic heterocycles. The van der Waals surface area contributed by atoms with E-state index in [9.17, 15) is 18.0 Å². The van der Waals surface area contributed by atoms with E-state index >= 15 is 0 Å². The van der Waals surface area contributed by atoms with E-state index in [0.29, 0.717) is 30.2 Å². The molecule has 2 aromatic rings.